The SMILES string of the molecule is Cc1ccccc1CSCC(=O)Nc1ccccc1C(=O)Nc1ccccc1. The number of rotatable bonds is 7. The number of aryl methyl sites for hydroxylation is 1. The first-order valence-corrected chi connectivity index (χ1v) is 10.2. The Labute approximate surface area is 169 Å². The van der Waals surface area contributed by atoms with Crippen LogP contribution in [-0.4, -0.2) is 17.6 Å². The van der Waals surface area contributed by atoms with Crippen molar-refractivity contribution in [3.8, 4) is 0 Å². The number of amides is 2. The zero-order valence-electron chi connectivity index (χ0n) is 15.6. The fraction of sp³-hybridized carbons (Fsp3) is 0.130. The van der Waals surface area contributed by atoms with Gasteiger partial charge in [-0.3, -0.25) is 9.59 Å². The van der Waals surface area contributed by atoms with Crippen LogP contribution >= 0.6 is 11.8 Å². The first-order chi connectivity index (χ1) is 13.6. The van der Waals surface area contributed by atoms with Gasteiger partial charge in [-0.15, -0.1) is 11.8 Å². The summed E-state index contributed by atoms with van der Waals surface area (Å²) in [6.07, 6.45) is 0. The molecule has 3 aromatic carbocycles. The average Bonchev–Trinajstić information content (AvgIpc) is 2.70. The van der Waals surface area contributed by atoms with Gasteiger partial charge in [0.2, 0.25) is 5.91 Å². The first kappa shape index (κ1) is 19.7. The quantitative estimate of drug-likeness (QED) is 0.589. The molecule has 2 amide bonds. The molecule has 28 heavy (non-hydrogen) atoms. The average molecular weight is 391 g/mol. The van der Waals surface area contributed by atoms with Gasteiger partial charge in [-0.25, -0.2) is 0 Å². The van der Waals surface area contributed by atoms with E-state index in [0.717, 1.165) is 5.75 Å². The van der Waals surface area contributed by atoms with E-state index in [2.05, 4.69) is 29.7 Å². The highest BCUT2D eigenvalue weighted by Crippen LogP contribution is 2.19. The van der Waals surface area contributed by atoms with Gasteiger partial charge in [0.1, 0.15) is 0 Å². The van der Waals surface area contributed by atoms with Crippen LogP contribution in [0.1, 0.15) is 21.5 Å². The molecule has 4 nitrogen and oxygen atoms in total. The highest BCUT2D eigenvalue weighted by Gasteiger charge is 2.13. The molecule has 3 aromatic rings. The van der Waals surface area contributed by atoms with Crippen molar-refractivity contribution in [3.05, 3.63) is 95.6 Å². The molecular formula is C23H22N2O2S. The topological polar surface area (TPSA) is 58.2 Å². The Balaban J connectivity index is 1.59. The fourth-order valence-corrected chi connectivity index (χ4v) is 3.63. The van der Waals surface area contributed by atoms with E-state index in [1.807, 2.05) is 42.5 Å². The molecule has 142 valence electrons. The number of hydrogen-bond acceptors (Lipinski definition) is 3. The third-order valence-corrected chi connectivity index (χ3v) is 5.21. The van der Waals surface area contributed by atoms with Gasteiger partial charge in [0, 0.05) is 11.4 Å². The van der Waals surface area contributed by atoms with Crippen molar-refractivity contribution < 1.29 is 9.59 Å². The molecule has 0 fully saturated rings. The van der Waals surface area contributed by atoms with Crippen LogP contribution in [0.5, 0.6) is 0 Å². The number of hydrogen-bond donors (Lipinski definition) is 2. The second-order valence-corrected chi connectivity index (χ2v) is 7.32. The summed E-state index contributed by atoms with van der Waals surface area (Å²) in [4.78, 5) is 24.9. The summed E-state index contributed by atoms with van der Waals surface area (Å²) >= 11 is 1.55. The number of carbonyl (C=O) groups is 2. The second-order valence-electron chi connectivity index (χ2n) is 6.33. The number of anilines is 2. The van der Waals surface area contributed by atoms with Crippen LogP contribution in [0.4, 0.5) is 11.4 Å². The van der Waals surface area contributed by atoms with Crippen LogP contribution in [0.2, 0.25) is 0 Å². The number of carbonyl (C=O) groups excluding carboxylic acids is 2. The molecule has 0 aliphatic rings. The smallest absolute Gasteiger partial charge is 0.257 e. The molecule has 0 aliphatic heterocycles. The minimum atomic E-state index is -0.255. The van der Waals surface area contributed by atoms with Crippen molar-refractivity contribution in [1.29, 1.82) is 0 Å². The highest BCUT2D eigenvalue weighted by atomic mass is 32.2. The summed E-state index contributed by atoms with van der Waals surface area (Å²) in [5.74, 6) is 0.715. The molecule has 0 atom stereocenters. The molecule has 0 saturated carbocycles. The fourth-order valence-electron chi connectivity index (χ4n) is 2.72. The molecule has 0 spiro atoms. The molecule has 0 unspecified atom stereocenters. The van der Waals surface area contributed by atoms with Crippen LogP contribution < -0.4 is 10.6 Å². The summed E-state index contributed by atoms with van der Waals surface area (Å²) in [5, 5.41) is 5.70. The van der Waals surface area contributed by atoms with Crippen molar-refractivity contribution in [2.45, 2.75) is 12.7 Å². The zero-order valence-corrected chi connectivity index (χ0v) is 16.5. The molecule has 2 N–H and O–H groups in total. The molecule has 0 heterocycles. The van der Waals surface area contributed by atoms with Crippen molar-refractivity contribution in [2.75, 3.05) is 16.4 Å². The third kappa shape index (κ3) is 5.47. The Morgan fingerprint density at radius 3 is 2.29 bits per heavy atom. The predicted octanol–water partition coefficient (Wildman–Crippen LogP) is 5.12. The van der Waals surface area contributed by atoms with Gasteiger partial charge >= 0.3 is 0 Å². The lowest BCUT2D eigenvalue weighted by Gasteiger charge is -2.12. The number of benzene rings is 3. The summed E-state index contributed by atoms with van der Waals surface area (Å²) in [7, 11) is 0. The Bertz CT molecular complexity index is 958. The van der Waals surface area contributed by atoms with Crippen molar-refractivity contribution >= 4 is 35.0 Å². The predicted molar refractivity (Wildman–Crippen MR) is 117 cm³/mol. The van der Waals surface area contributed by atoms with Gasteiger partial charge in [0.15, 0.2) is 0 Å². The molecule has 0 bridgehead atoms. The maximum atomic E-state index is 12.6. The maximum Gasteiger partial charge on any atom is 0.257 e. The Morgan fingerprint density at radius 1 is 0.821 bits per heavy atom. The largest absolute Gasteiger partial charge is 0.325 e. The van der Waals surface area contributed by atoms with Crippen LogP contribution in [0.25, 0.3) is 0 Å². The normalized spacial score (nSPS) is 10.3. The number of nitrogens with one attached hydrogen (secondary N) is 2. The van der Waals surface area contributed by atoms with E-state index in [9.17, 15) is 9.59 Å². The standard InChI is InChI=1S/C23H22N2O2S/c1-17-9-5-6-10-18(17)15-28-16-22(26)25-21-14-8-7-13-20(21)23(27)24-19-11-3-2-4-12-19/h2-14H,15-16H2,1H3,(H,24,27)(H,25,26). The number of para-hydroxylation sites is 2. The summed E-state index contributed by atoms with van der Waals surface area (Å²) in [5.41, 5.74) is 4.10. The Morgan fingerprint density at radius 2 is 1.50 bits per heavy atom. The summed E-state index contributed by atoms with van der Waals surface area (Å²) < 4.78 is 0. The summed E-state index contributed by atoms with van der Waals surface area (Å²) in [6.45, 7) is 2.07. The van der Waals surface area contributed by atoms with Crippen LogP contribution in [0, 0.1) is 6.92 Å². The van der Waals surface area contributed by atoms with Gasteiger partial charge in [-0.2, -0.15) is 0 Å². The van der Waals surface area contributed by atoms with Crippen LogP contribution in [-0.2, 0) is 10.5 Å². The van der Waals surface area contributed by atoms with Gasteiger partial charge in [-0.1, -0.05) is 54.6 Å². The van der Waals surface area contributed by atoms with Crippen LogP contribution in [0.15, 0.2) is 78.9 Å². The lowest BCUT2D eigenvalue weighted by atomic mass is 10.1. The van der Waals surface area contributed by atoms with Crippen molar-refractivity contribution in [1.82, 2.24) is 0 Å². The molecule has 0 saturated heterocycles. The van der Waals surface area contributed by atoms with E-state index in [1.54, 1.807) is 36.0 Å². The minimum Gasteiger partial charge on any atom is -0.325 e. The van der Waals surface area contributed by atoms with Gasteiger partial charge < -0.3 is 10.6 Å². The lowest BCUT2D eigenvalue weighted by molar-refractivity contribution is -0.113. The van der Waals surface area contributed by atoms with E-state index in [0.29, 0.717) is 22.7 Å². The van der Waals surface area contributed by atoms with Crippen molar-refractivity contribution in [3.63, 3.8) is 0 Å². The maximum absolute atomic E-state index is 12.6. The Hall–Kier alpha value is -3.05. The lowest BCUT2D eigenvalue weighted by Crippen LogP contribution is -2.19. The van der Waals surface area contributed by atoms with E-state index in [1.165, 1.54) is 11.1 Å². The molecule has 0 aromatic heterocycles. The third-order valence-electron chi connectivity index (χ3n) is 4.23. The van der Waals surface area contributed by atoms with Crippen molar-refractivity contribution in [2.24, 2.45) is 0 Å². The zero-order chi connectivity index (χ0) is 19.8. The second kappa shape index (κ2) is 9.76. The molecule has 0 aliphatic carbocycles. The van der Waals surface area contributed by atoms with E-state index in [4.69, 9.17) is 0 Å². The molecule has 3 rings (SSSR count). The van der Waals surface area contributed by atoms with E-state index < -0.39 is 0 Å². The highest BCUT2D eigenvalue weighted by molar-refractivity contribution is 7.99. The Kier molecular flexibility index (Phi) is 6.87. The molecule has 5 heteroatoms. The van der Waals surface area contributed by atoms with Gasteiger partial charge in [-0.05, 0) is 42.3 Å². The molecule has 0 radical (unpaired) electrons. The van der Waals surface area contributed by atoms with Gasteiger partial charge in [0.05, 0.1) is 17.0 Å². The summed E-state index contributed by atoms with van der Waals surface area (Å²) in [6, 6.07) is 24.4. The first-order valence-electron chi connectivity index (χ1n) is 9.01. The number of thioether (sulfide) groups is 1. The minimum absolute atomic E-state index is 0.126. The monoisotopic (exact) mass is 390 g/mol. The van der Waals surface area contributed by atoms with Crippen LogP contribution in [0.3, 0.4) is 0 Å². The molecular weight excluding hydrogens is 368 g/mol. The van der Waals surface area contributed by atoms with E-state index >= 15 is 0 Å². The van der Waals surface area contributed by atoms with Gasteiger partial charge in [0.25, 0.3) is 5.91 Å². The van der Waals surface area contributed by atoms with E-state index in [-0.39, 0.29) is 11.8 Å².